The molecule has 0 saturated carbocycles. The smallest absolute Gasteiger partial charge is 0.163 e. The molecule has 0 spiro atoms. The van der Waals surface area contributed by atoms with E-state index in [0.29, 0.717) is 13.2 Å². The van der Waals surface area contributed by atoms with E-state index >= 15 is 0 Å². The van der Waals surface area contributed by atoms with E-state index in [9.17, 15) is 0 Å². The maximum Gasteiger partial charge on any atom is 0.163 e. The molecular weight excluding hydrogens is 360 g/mol. The summed E-state index contributed by atoms with van der Waals surface area (Å²) in [4.78, 5) is 0. The summed E-state index contributed by atoms with van der Waals surface area (Å²) in [6.07, 6.45) is 3.80. The first-order chi connectivity index (χ1) is 11.0. The third kappa shape index (κ3) is 5.55. The van der Waals surface area contributed by atoms with E-state index in [0.717, 1.165) is 23.7 Å². The molecule has 0 bridgehead atoms. The lowest BCUT2D eigenvalue weighted by Gasteiger charge is -2.45. The summed E-state index contributed by atoms with van der Waals surface area (Å²) in [5, 5.41) is 0. The summed E-state index contributed by atoms with van der Waals surface area (Å²) in [6, 6.07) is 0. The van der Waals surface area contributed by atoms with Crippen molar-refractivity contribution in [3.63, 3.8) is 0 Å². The van der Waals surface area contributed by atoms with Gasteiger partial charge in [-0.1, -0.05) is 5.92 Å². The van der Waals surface area contributed by atoms with Crippen LogP contribution in [0.4, 0.5) is 0 Å². The van der Waals surface area contributed by atoms with Crippen molar-refractivity contribution in [2.45, 2.75) is 64.1 Å². The van der Waals surface area contributed by atoms with E-state index in [-0.39, 0.29) is 18.3 Å². The highest BCUT2D eigenvalue weighted by Gasteiger charge is 2.45. The van der Waals surface area contributed by atoms with Crippen molar-refractivity contribution in [3.05, 3.63) is 10.7 Å². The van der Waals surface area contributed by atoms with Crippen LogP contribution in [0.15, 0.2) is 10.7 Å². The van der Waals surface area contributed by atoms with Crippen LogP contribution in [0.2, 0.25) is 0 Å². The average molecular weight is 383 g/mol. The van der Waals surface area contributed by atoms with Gasteiger partial charge in [0.05, 0.1) is 17.4 Å². The average Bonchev–Trinajstić information content (AvgIpc) is 2.51. The minimum absolute atomic E-state index is 0.157. The first-order valence-electron chi connectivity index (χ1n) is 7.83. The molecule has 2 aliphatic rings. The van der Waals surface area contributed by atoms with Gasteiger partial charge in [-0.3, -0.25) is 0 Å². The van der Waals surface area contributed by atoms with Crippen molar-refractivity contribution < 1.29 is 18.9 Å². The van der Waals surface area contributed by atoms with Crippen LogP contribution in [-0.2, 0) is 18.9 Å². The fourth-order valence-electron chi connectivity index (χ4n) is 2.40. The Morgan fingerprint density at radius 3 is 2.87 bits per heavy atom. The first kappa shape index (κ1) is 18.4. The quantitative estimate of drug-likeness (QED) is 0.551. The zero-order valence-corrected chi connectivity index (χ0v) is 15.4. The molecule has 23 heavy (non-hydrogen) atoms. The summed E-state index contributed by atoms with van der Waals surface area (Å²) >= 11 is 3.49. The van der Waals surface area contributed by atoms with Crippen molar-refractivity contribution in [1.82, 2.24) is 0 Å². The zero-order chi connectivity index (χ0) is 16.7. The maximum atomic E-state index is 5.98. The van der Waals surface area contributed by atoms with E-state index in [4.69, 9.17) is 18.9 Å². The molecule has 4 nitrogen and oxygen atoms in total. The Morgan fingerprint density at radius 2 is 2.09 bits per heavy atom. The topological polar surface area (TPSA) is 36.9 Å². The lowest BCUT2D eigenvalue weighted by Crippen LogP contribution is -2.56. The number of halogens is 1. The van der Waals surface area contributed by atoms with Crippen LogP contribution in [0.5, 0.6) is 0 Å². The minimum atomic E-state index is -0.636. The first-order valence-corrected chi connectivity index (χ1v) is 8.62. The second-order valence-electron chi connectivity index (χ2n) is 5.84. The Bertz CT molecular complexity index is 547. The second kappa shape index (κ2) is 8.76. The maximum absolute atomic E-state index is 5.98. The molecule has 0 radical (unpaired) electrons. The molecule has 0 N–H and O–H groups in total. The van der Waals surface area contributed by atoms with Crippen molar-refractivity contribution >= 4 is 15.9 Å². The van der Waals surface area contributed by atoms with E-state index in [2.05, 4.69) is 39.6 Å². The van der Waals surface area contributed by atoms with Crippen molar-refractivity contribution in [3.8, 4) is 23.7 Å². The van der Waals surface area contributed by atoms with Crippen LogP contribution < -0.4 is 0 Å². The molecule has 2 rings (SSSR count). The van der Waals surface area contributed by atoms with E-state index in [1.807, 2.05) is 20.8 Å². The molecule has 5 heteroatoms. The number of fused-ring (bicyclic) bond motifs is 1. The molecule has 1 saturated heterocycles. The SMILES string of the molecule is CC#CCCCC#CCO[C@@H]1C(Br)=CO[C@@H]2COC(C)(C)O[C@@H]12. The molecule has 126 valence electrons. The molecule has 3 atom stereocenters. The lowest BCUT2D eigenvalue weighted by atomic mass is 10.0. The number of hydrogen-bond donors (Lipinski definition) is 0. The highest BCUT2D eigenvalue weighted by atomic mass is 79.9. The van der Waals surface area contributed by atoms with Gasteiger partial charge in [0.15, 0.2) is 11.9 Å². The summed E-state index contributed by atoms with van der Waals surface area (Å²) in [5.74, 6) is 11.4. The molecule has 0 aromatic rings. The second-order valence-corrected chi connectivity index (χ2v) is 6.75. The summed E-state index contributed by atoms with van der Waals surface area (Å²) in [7, 11) is 0. The van der Waals surface area contributed by atoms with Crippen molar-refractivity contribution in [1.29, 1.82) is 0 Å². The zero-order valence-electron chi connectivity index (χ0n) is 13.9. The van der Waals surface area contributed by atoms with Crippen LogP contribution >= 0.6 is 15.9 Å². The molecule has 0 aromatic carbocycles. The standard InChI is InChI=1S/C18H23BrO4/c1-4-5-6-7-8-9-10-11-20-16-14(19)12-21-15-13-22-18(2,3)23-17(15)16/h12,15-17H,6-8,11,13H2,1-3H3/t15-,16-,17-/m1/s1. The summed E-state index contributed by atoms with van der Waals surface area (Å²) in [5.41, 5.74) is 0. The molecule has 1 fully saturated rings. The van der Waals surface area contributed by atoms with Gasteiger partial charge >= 0.3 is 0 Å². The van der Waals surface area contributed by atoms with Crippen LogP contribution in [-0.4, -0.2) is 37.3 Å². The highest BCUT2D eigenvalue weighted by molar-refractivity contribution is 9.11. The normalized spacial score (nSPS) is 28.2. The molecule has 2 aliphatic heterocycles. The Morgan fingerprint density at radius 1 is 1.30 bits per heavy atom. The molecule has 0 unspecified atom stereocenters. The number of hydrogen-bond acceptors (Lipinski definition) is 4. The lowest BCUT2D eigenvalue weighted by molar-refractivity contribution is -0.321. The Balaban J connectivity index is 1.84. The van der Waals surface area contributed by atoms with Gasteiger partial charge in [-0.2, -0.15) is 0 Å². The fraction of sp³-hybridized carbons (Fsp3) is 0.667. The minimum Gasteiger partial charge on any atom is -0.492 e. The fourth-order valence-corrected chi connectivity index (χ4v) is 2.90. The number of unbranched alkanes of at least 4 members (excludes halogenated alkanes) is 2. The van der Waals surface area contributed by atoms with Crippen LogP contribution in [0.3, 0.4) is 0 Å². The third-order valence-corrected chi connectivity index (χ3v) is 4.19. The predicted molar refractivity (Wildman–Crippen MR) is 91.6 cm³/mol. The Labute approximate surface area is 147 Å². The number of rotatable bonds is 4. The van der Waals surface area contributed by atoms with Gasteiger partial charge in [-0.05, 0) is 43.1 Å². The molecule has 0 aromatic heterocycles. The van der Waals surface area contributed by atoms with Crippen LogP contribution in [0, 0.1) is 23.7 Å². The predicted octanol–water partition coefficient (Wildman–Crippen LogP) is 3.36. The molecule has 2 heterocycles. The van der Waals surface area contributed by atoms with Gasteiger partial charge in [0.2, 0.25) is 0 Å². The largest absolute Gasteiger partial charge is 0.492 e. The van der Waals surface area contributed by atoms with Crippen molar-refractivity contribution in [2.75, 3.05) is 13.2 Å². The Hall–Kier alpha value is -0.980. The van der Waals surface area contributed by atoms with Gasteiger partial charge in [0.1, 0.15) is 18.8 Å². The van der Waals surface area contributed by atoms with Crippen molar-refractivity contribution in [2.24, 2.45) is 0 Å². The van der Waals surface area contributed by atoms with Gasteiger partial charge < -0.3 is 18.9 Å². The summed E-state index contributed by atoms with van der Waals surface area (Å²) < 4.78 is 23.9. The van der Waals surface area contributed by atoms with E-state index in [1.165, 1.54) is 0 Å². The van der Waals surface area contributed by atoms with Crippen LogP contribution in [0.1, 0.15) is 40.0 Å². The number of ether oxygens (including phenoxy) is 4. The van der Waals surface area contributed by atoms with Gasteiger partial charge in [0.25, 0.3) is 0 Å². The monoisotopic (exact) mass is 382 g/mol. The highest BCUT2D eigenvalue weighted by Crippen LogP contribution is 2.34. The van der Waals surface area contributed by atoms with Crippen LogP contribution in [0.25, 0.3) is 0 Å². The van der Waals surface area contributed by atoms with Gasteiger partial charge in [-0.15, -0.1) is 17.8 Å². The molecule has 0 aliphatic carbocycles. The van der Waals surface area contributed by atoms with Gasteiger partial charge in [0, 0.05) is 12.8 Å². The molecule has 0 amide bonds. The van der Waals surface area contributed by atoms with Gasteiger partial charge in [-0.25, -0.2) is 0 Å². The summed E-state index contributed by atoms with van der Waals surface area (Å²) in [6.45, 7) is 6.49. The Kier molecular flexibility index (Phi) is 6.99. The van der Waals surface area contributed by atoms with E-state index in [1.54, 1.807) is 6.26 Å². The molecular formula is C18H23BrO4. The van der Waals surface area contributed by atoms with E-state index < -0.39 is 5.79 Å². The third-order valence-electron chi connectivity index (χ3n) is 3.55.